The van der Waals surface area contributed by atoms with Crippen LogP contribution >= 0.6 is 15.9 Å². The van der Waals surface area contributed by atoms with Gasteiger partial charge < -0.3 is 11.1 Å². The van der Waals surface area contributed by atoms with Crippen LogP contribution in [0.2, 0.25) is 0 Å². The van der Waals surface area contributed by atoms with Crippen LogP contribution in [0.3, 0.4) is 0 Å². The van der Waals surface area contributed by atoms with Gasteiger partial charge in [0, 0.05) is 16.6 Å². The maximum absolute atomic E-state index is 12.5. The lowest BCUT2D eigenvalue weighted by molar-refractivity contribution is 0.0920. The molecule has 7 heteroatoms. The first-order chi connectivity index (χ1) is 11.0. The maximum Gasteiger partial charge on any atom is 0.273 e. The van der Waals surface area contributed by atoms with Gasteiger partial charge in [-0.05, 0) is 50.8 Å². The van der Waals surface area contributed by atoms with E-state index in [1.54, 1.807) is 4.68 Å². The summed E-state index contributed by atoms with van der Waals surface area (Å²) in [5.41, 5.74) is 7.87. The number of carbonyl (C=O) groups is 1. The Balaban J connectivity index is 1.75. The van der Waals surface area contributed by atoms with Crippen LogP contribution in [0.1, 0.15) is 41.9 Å². The van der Waals surface area contributed by atoms with Gasteiger partial charge in [-0.3, -0.25) is 4.79 Å². The molecular weight excluding hydrogens is 358 g/mol. The second kappa shape index (κ2) is 6.80. The van der Waals surface area contributed by atoms with Gasteiger partial charge in [0.2, 0.25) is 0 Å². The Morgan fingerprint density at radius 3 is 2.78 bits per heavy atom. The van der Waals surface area contributed by atoms with Crippen LogP contribution in [0.5, 0.6) is 0 Å². The molecule has 1 heterocycles. The predicted molar refractivity (Wildman–Crippen MR) is 91.5 cm³/mol. The van der Waals surface area contributed by atoms with E-state index in [1.165, 1.54) is 0 Å². The molecule has 1 fully saturated rings. The molecule has 23 heavy (non-hydrogen) atoms. The zero-order valence-electron chi connectivity index (χ0n) is 13.0. The van der Waals surface area contributed by atoms with Gasteiger partial charge in [-0.25, -0.2) is 4.68 Å². The van der Waals surface area contributed by atoms with Gasteiger partial charge in [-0.15, -0.1) is 5.10 Å². The lowest BCUT2D eigenvalue weighted by Crippen LogP contribution is -2.40. The van der Waals surface area contributed by atoms with Crippen LogP contribution < -0.4 is 11.1 Å². The third-order valence-corrected chi connectivity index (χ3v) is 4.76. The third kappa shape index (κ3) is 3.61. The van der Waals surface area contributed by atoms with Crippen molar-refractivity contribution in [2.45, 2.75) is 44.7 Å². The number of nitrogens with one attached hydrogen (secondary N) is 1. The van der Waals surface area contributed by atoms with Gasteiger partial charge in [0.1, 0.15) is 0 Å². The number of hydrogen-bond donors (Lipinski definition) is 2. The van der Waals surface area contributed by atoms with E-state index in [4.69, 9.17) is 5.73 Å². The van der Waals surface area contributed by atoms with Gasteiger partial charge >= 0.3 is 0 Å². The predicted octanol–water partition coefficient (Wildman–Crippen LogP) is 2.34. The first-order valence-electron chi connectivity index (χ1n) is 7.79. The largest absolute Gasteiger partial charge is 0.348 e. The van der Waals surface area contributed by atoms with Crippen LogP contribution in [-0.4, -0.2) is 33.0 Å². The molecule has 1 saturated carbocycles. The lowest BCUT2D eigenvalue weighted by atomic mass is 9.92. The van der Waals surface area contributed by atoms with Crippen LogP contribution in [0.25, 0.3) is 5.69 Å². The zero-order valence-corrected chi connectivity index (χ0v) is 14.6. The summed E-state index contributed by atoms with van der Waals surface area (Å²) in [5, 5.41) is 11.2. The van der Waals surface area contributed by atoms with Crippen molar-refractivity contribution in [3.63, 3.8) is 0 Å². The molecular formula is C16H20BrN5O. The number of benzene rings is 1. The molecule has 6 nitrogen and oxygen atoms in total. The molecule has 0 unspecified atom stereocenters. The number of amides is 1. The number of nitrogens with two attached hydrogens (primary N) is 1. The normalized spacial score (nSPS) is 21.2. The van der Waals surface area contributed by atoms with Crippen molar-refractivity contribution in [3.8, 4) is 5.69 Å². The van der Waals surface area contributed by atoms with Gasteiger partial charge in [0.05, 0.1) is 11.4 Å². The Morgan fingerprint density at radius 2 is 2.09 bits per heavy atom. The van der Waals surface area contributed by atoms with E-state index in [1.807, 2.05) is 31.2 Å². The second-order valence-electron chi connectivity index (χ2n) is 6.00. The Kier molecular flexibility index (Phi) is 4.77. The molecule has 1 aromatic heterocycles. The van der Waals surface area contributed by atoms with E-state index in [9.17, 15) is 4.79 Å². The van der Waals surface area contributed by atoms with Crippen LogP contribution in [0, 0.1) is 6.92 Å². The summed E-state index contributed by atoms with van der Waals surface area (Å²) in [6.07, 6.45) is 3.75. The number of carbonyl (C=O) groups excluding carboxylic acids is 1. The Bertz CT molecular complexity index is 706. The van der Waals surface area contributed by atoms with Crippen molar-refractivity contribution in [2.24, 2.45) is 5.73 Å². The molecule has 2 aromatic rings. The fraction of sp³-hybridized carbons (Fsp3) is 0.438. The summed E-state index contributed by atoms with van der Waals surface area (Å²) in [4.78, 5) is 12.5. The number of hydrogen-bond acceptors (Lipinski definition) is 4. The molecule has 0 spiro atoms. The van der Waals surface area contributed by atoms with E-state index in [2.05, 4.69) is 31.6 Å². The quantitative estimate of drug-likeness (QED) is 0.859. The Morgan fingerprint density at radius 1 is 1.35 bits per heavy atom. The van der Waals surface area contributed by atoms with Gasteiger partial charge in [0.15, 0.2) is 5.69 Å². The van der Waals surface area contributed by atoms with Crippen molar-refractivity contribution in [2.75, 3.05) is 0 Å². The first kappa shape index (κ1) is 16.1. The van der Waals surface area contributed by atoms with Crippen molar-refractivity contribution in [1.29, 1.82) is 0 Å². The number of nitrogens with zero attached hydrogens (tertiary/aromatic N) is 3. The van der Waals surface area contributed by atoms with Crippen molar-refractivity contribution in [1.82, 2.24) is 20.3 Å². The Hall–Kier alpha value is -1.73. The molecule has 0 aliphatic heterocycles. The van der Waals surface area contributed by atoms with Gasteiger partial charge in [-0.1, -0.05) is 27.2 Å². The molecule has 0 radical (unpaired) electrons. The summed E-state index contributed by atoms with van der Waals surface area (Å²) >= 11 is 3.44. The smallest absolute Gasteiger partial charge is 0.273 e. The summed E-state index contributed by atoms with van der Waals surface area (Å²) < 4.78 is 2.63. The van der Waals surface area contributed by atoms with E-state index in [0.29, 0.717) is 5.69 Å². The van der Waals surface area contributed by atoms with Crippen molar-refractivity contribution >= 4 is 21.8 Å². The summed E-state index contributed by atoms with van der Waals surface area (Å²) in [7, 11) is 0. The SMILES string of the molecule is Cc1c(C(=O)NC2CCC(N)CC2)nnn1-c1cccc(Br)c1. The fourth-order valence-electron chi connectivity index (χ4n) is 2.91. The number of halogens is 1. The Labute approximate surface area is 143 Å². The fourth-order valence-corrected chi connectivity index (χ4v) is 3.30. The minimum Gasteiger partial charge on any atom is -0.348 e. The molecule has 0 atom stereocenters. The molecule has 122 valence electrons. The summed E-state index contributed by atoms with van der Waals surface area (Å²) in [6, 6.07) is 8.17. The first-order valence-corrected chi connectivity index (χ1v) is 8.58. The third-order valence-electron chi connectivity index (χ3n) is 4.27. The average Bonchev–Trinajstić information content (AvgIpc) is 2.91. The van der Waals surface area contributed by atoms with Crippen LogP contribution in [0.15, 0.2) is 28.7 Å². The monoisotopic (exact) mass is 377 g/mol. The van der Waals surface area contributed by atoms with Crippen LogP contribution in [-0.2, 0) is 0 Å². The summed E-state index contributed by atoms with van der Waals surface area (Å²) in [5.74, 6) is -0.163. The molecule has 3 N–H and O–H groups in total. The van der Waals surface area contributed by atoms with E-state index >= 15 is 0 Å². The standard InChI is InChI=1S/C16H20BrN5O/c1-10-15(16(23)19-13-7-5-12(18)6-8-13)20-21-22(10)14-4-2-3-11(17)9-14/h2-4,9,12-13H,5-8,18H2,1H3,(H,19,23). The number of rotatable bonds is 3. The highest BCUT2D eigenvalue weighted by atomic mass is 79.9. The van der Waals surface area contributed by atoms with Crippen molar-refractivity contribution < 1.29 is 4.79 Å². The van der Waals surface area contributed by atoms with Gasteiger partial charge in [-0.2, -0.15) is 0 Å². The van der Waals surface area contributed by atoms with Crippen molar-refractivity contribution in [3.05, 3.63) is 40.1 Å². The maximum atomic E-state index is 12.5. The van der Waals surface area contributed by atoms with E-state index in [0.717, 1.165) is 41.5 Å². The second-order valence-corrected chi connectivity index (χ2v) is 6.92. The lowest BCUT2D eigenvalue weighted by Gasteiger charge is -2.26. The summed E-state index contributed by atoms with van der Waals surface area (Å²) in [6.45, 7) is 1.85. The topological polar surface area (TPSA) is 85.8 Å². The van der Waals surface area contributed by atoms with E-state index < -0.39 is 0 Å². The number of aromatic nitrogens is 3. The molecule has 1 aliphatic carbocycles. The molecule has 0 bridgehead atoms. The highest BCUT2D eigenvalue weighted by Crippen LogP contribution is 2.19. The van der Waals surface area contributed by atoms with E-state index in [-0.39, 0.29) is 18.0 Å². The zero-order chi connectivity index (χ0) is 16.4. The van der Waals surface area contributed by atoms with Crippen LogP contribution in [0.4, 0.5) is 0 Å². The average molecular weight is 378 g/mol. The molecule has 1 amide bonds. The molecule has 1 aliphatic rings. The highest BCUT2D eigenvalue weighted by Gasteiger charge is 2.23. The molecule has 1 aromatic carbocycles. The minimum atomic E-state index is -0.163. The molecule has 3 rings (SSSR count). The minimum absolute atomic E-state index is 0.163. The van der Waals surface area contributed by atoms with Gasteiger partial charge in [0.25, 0.3) is 5.91 Å². The molecule has 0 saturated heterocycles. The highest BCUT2D eigenvalue weighted by molar-refractivity contribution is 9.10.